The Morgan fingerprint density at radius 2 is 1.71 bits per heavy atom. The van der Waals surface area contributed by atoms with Crippen molar-refractivity contribution in [2.24, 2.45) is 5.92 Å². The first kappa shape index (κ1) is 27.4. The van der Waals surface area contributed by atoms with Gasteiger partial charge in [-0.1, -0.05) is 57.5 Å². The fraction of sp³-hybridized carbons (Fsp3) is 0.452. The molecule has 0 aliphatic carbocycles. The SMILES string of the molecule is CCCC(=O)N1CCC(Cc2cccc(NC(=O)Nc3cc(C(C)(C)C)nn3-c3ccc(C)cc3)c2)CC1. The van der Waals surface area contributed by atoms with Gasteiger partial charge in [0.1, 0.15) is 5.82 Å². The molecule has 0 radical (unpaired) electrons. The number of nitrogens with one attached hydrogen (secondary N) is 2. The van der Waals surface area contributed by atoms with Gasteiger partial charge in [-0.15, -0.1) is 0 Å². The number of hydrogen-bond acceptors (Lipinski definition) is 3. The minimum Gasteiger partial charge on any atom is -0.343 e. The van der Waals surface area contributed by atoms with Gasteiger partial charge in [0, 0.05) is 36.7 Å². The second-order valence-electron chi connectivity index (χ2n) is 11.5. The normalized spacial score (nSPS) is 14.4. The number of carbonyl (C=O) groups excluding carboxylic acids is 2. The second-order valence-corrected chi connectivity index (χ2v) is 11.5. The zero-order valence-electron chi connectivity index (χ0n) is 23.4. The van der Waals surface area contributed by atoms with E-state index in [-0.39, 0.29) is 17.4 Å². The molecule has 1 aliphatic heterocycles. The number of benzene rings is 2. The summed E-state index contributed by atoms with van der Waals surface area (Å²) in [4.78, 5) is 27.2. The van der Waals surface area contributed by atoms with Crippen molar-refractivity contribution in [2.75, 3.05) is 23.7 Å². The lowest BCUT2D eigenvalue weighted by molar-refractivity contribution is -0.132. The van der Waals surface area contributed by atoms with Gasteiger partial charge in [-0.3, -0.25) is 10.1 Å². The molecule has 7 heteroatoms. The van der Waals surface area contributed by atoms with Crippen LogP contribution in [0.1, 0.15) is 70.2 Å². The third-order valence-electron chi connectivity index (χ3n) is 7.14. The predicted molar refractivity (Wildman–Crippen MR) is 154 cm³/mol. The lowest BCUT2D eigenvalue weighted by Gasteiger charge is -2.32. The number of hydrogen-bond donors (Lipinski definition) is 2. The van der Waals surface area contributed by atoms with Crippen molar-refractivity contribution in [2.45, 2.75) is 72.1 Å². The van der Waals surface area contributed by atoms with Crippen molar-refractivity contribution in [1.82, 2.24) is 14.7 Å². The number of carbonyl (C=O) groups is 2. The van der Waals surface area contributed by atoms with Crippen molar-refractivity contribution < 1.29 is 9.59 Å². The molecule has 1 fully saturated rings. The van der Waals surface area contributed by atoms with Crippen LogP contribution in [0.15, 0.2) is 54.6 Å². The molecule has 1 aromatic heterocycles. The lowest BCUT2D eigenvalue weighted by atomic mass is 9.90. The maximum absolute atomic E-state index is 13.0. The monoisotopic (exact) mass is 515 g/mol. The highest BCUT2D eigenvalue weighted by molar-refractivity contribution is 5.99. The number of rotatable bonds is 7. The van der Waals surface area contributed by atoms with Crippen LogP contribution < -0.4 is 10.6 Å². The highest BCUT2D eigenvalue weighted by atomic mass is 16.2. The standard InChI is InChI=1S/C31H41N5O2/c1-6-8-29(37)35-17-15-23(16-18-35)19-24-9-7-10-25(20-24)32-30(38)33-28-21-27(31(3,4)5)34-36(28)26-13-11-22(2)12-14-26/h7,9-14,20-21,23H,6,8,15-19H2,1-5H3,(H2,32,33,38). The maximum atomic E-state index is 13.0. The molecule has 202 valence electrons. The molecular weight excluding hydrogens is 474 g/mol. The predicted octanol–water partition coefficient (Wildman–Crippen LogP) is 6.70. The smallest absolute Gasteiger partial charge is 0.324 e. The Bertz CT molecular complexity index is 1250. The molecule has 3 amide bonds. The van der Waals surface area contributed by atoms with E-state index in [0.717, 1.165) is 55.8 Å². The minimum atomic E-state index is -0.307. The van der Waals surface area contributed by atoms with E-state index in [2.05, 4.69) is 37.5 Å². The van der Waals surface area contributed by atoms with Gasteiger partial charge in [-0.2, -0.15) is 5.10 Å². The van der Waals surface area contributed by atoms with E-state index >= 15 is 0 Å². The second kappa shape index (κ2) is 11.8. The molecule has 1 aliphatic rings. The highest BCUT2D eigenvalue weighted by Crippen LogP contribution is 2.27. The van der Waals surface area contributed by atoms with E-state index in [4.69, 9.17) is 5.10 Å². The Balaban J connectivity index is 1.40. The quantitative estimate of drug-likeness (QED) is 0.367. The van der Waals surface area contributed by atoms with Gasteiger partial charge >= 0.3 is 6.03 Å². The maximum Gasteiger partial charge on any atom is 0.324 e. The molecule has 0 atom stereocenters. The van der Waals surface area contributed by atoms with Gasteiger partial charge in [-0.05, 0) is 68.4 Å². The van der Waals surface area contributed by atoms with Crippen LogP contribution in [-0.2, 0) is 16.6 Å². The Kier molecular flexibility index (Phi) is 8.55. The zero-order valence-corrected chi connectivity index (χ0v) is 23.4. The largest absolute Gasteiger partial charge is 0.343 e. The minimum absolute atomic E-state index is 0.156. The number of aromatic nitrogens is 2. The van der Waals surface area contributed by atoms with Crippen molar-refractivity contribution in [3.63, 3.8) is 0 Å². The molecule has 1 saturated heterocycles. The molecule has 0 bridgehead atoms. The van der Waals surface area contributed by atoms with Crippen molar-refractivity contribution >= 4 is 23.4 Å². The highest BCUT2D eigenvalue weighted by Gasteiger charge is 2.23. The van der Waals surface area contributed by atoms with Crippen molar-refractivity contribution in [1.29, 1.82) is 0 Å². The van der Waals surface area contributed by atoms with E-state index < -0.39 is 0 Å². The van der Waals surface area contributed by atoms with Crippen LogP contribution in [0.5, 0.6) is 0 Å². The van der Waals surface area contributed by atoms with Crippen LogP contribution in [0.25, 0.3) is 5.69 Å². The first-order valence-electron chi connectivity index (χ1n) is 13.7. The third-order valence-corrected chi connectivity index (χ3v) is 7.14. The van der Waals surface area contributed by atoms with Crippen LogP contribution >= 0.6 is 0 Å². The van der Waals surface area contributed by atoms with Crippen LogP contribution in [0.2, 0.25) is 0 Å². The molecule has 2 heterocycles. The molecule has 0 spiro atoms. The third kappa shape index (κ3) is 7.03. The number of aryl methyl sites for hydroxylation is 1. The summed E-state index contributed by atoms with van der Waals surface area (Å²) in [6.07, 6.45) is 4.53. The number of likely N-dealkylation sites (tertiary alicyclic amines) is 1. The fourth-order valence-corrected chi connectivity index (χ4v) is 4.87. The summed E-state index contributed by atoms with van der Waals surface area (Å²) >= 11 is 0. The number of piperidine rings is 1. The first-order chi connectivity index (χ1) is 18.1. The van der Waals surface area contributed by atoms with Gasteiger partial charge in [0.05, 0.1) is 11.4 Å². The Labute approximate surface area is 226 Å². The average Bonchev–Trinajstić information content (AvgIpc) is 3.29. The molecule has 2 N–H and O–H groups in total. The molecule has 2 aromatic carbocycles. The number of anilines is 2. The molecule has 7 nitrogen and oxygen atoms in total. The van der Waals surface area contributed by atoms with Gasteiger partial charge in [0.25, 0.3) is 0 Å². The summed E-state index contributed by atoms with van der Waals surface area (Å²) < 4.78 is 1.79. The first-order valence-corrected chi connectivity index (χ1v) is 13.7. The number of nitrogens with zero attached hydrogens (tertiary/aromatic N) is 3. The van der Waals surface area contributed by atoms with Gasteiger partial charge in [0.2, 0.25) is 5.91 Å². The van der Waals surface area contributed by atoms with E-state index in [1.54, 1.807) is 4.68 Å². The van der Waals surface area contributed by atoms with Crippen LogP contribution in [0.4, 0.5) is 16.3 Å². The summed E-state index contributed by atoms with van der Waals surface area (Å²) in [5, 5.41) is 10.8. The lowest BCUT2D eigenvalue weighted by Crippen LogP contribution is -2.38. The molecular formula is C31H41N5O2. The molecule has 0 saturated carbocycles. The number of urea groups is 1. The van der Waals surface area contributed by atoms with Crippen LogP contribution in [0, 0.1) is 12.8 Å². The molecule has 3 aromatic rings. The fourth-order valence-electron chi connectivity index (χ4n) is 4.87. The molecule has 0 unspecified atom stereocenters. The number of amides is 3. The molecule has 38 heavy (non-hydrogen) atoms. The Morgan fingerprint density at radius 1 is 1.00 bits per heavy atom. The van der Waals surface area contributed by atoms with Crippen molar-refractivity contribution in [3.05, 3.63) is 71.4 Å². The van der Waals surface area contributed by atoms with Crippen LogP contribution in [0.3, 0.4) is 0 Å². The van der Waals surface area contributed by atoms with Gasteiger partial charge < -0.3 is 10.2 Å². The van der Waals surface area contributed by atoms with E-state index in [0.29, 0.717) is 18.2 Å². The van der Waals surface area contributed by atoms with E-state index in [9.17, 15) is 9.59 Å². The van der Waals surface area contributed by atoms with Gasteiger partial charge in [-0.25, -0.2) is 9.48 Å². The summed E-state index contributed by atoms with van der Waals surface area (Å²) in [6.45, 7) is 12.1. The van der Waals surface area contributed by atoms with Gasteiger partial charge in [0.15, 0.2) is 0 Å². The average molecular weight is 516 g/mol. The van der Waals surface area contributed by atoms with Crippen molar-refractivity contribution in [3.8, 4) is 5.69 Å². The summed E-state index contributed by atoms with van der Waals surface area (Å²) in [7, 11) is 0. The van der Waals surface area contributed by atoms with E-state index in [1.165, 1.54) is 11.1 Å². The summed E-state index contributed by atoms with van der Waals surface area (Å²) in [5.74, 6) is 1.45. The Morgan fingerprint density at radius 3 is 2.37 bits per heavy atom. The summed E-state index contributed by atoms with van der Waals surface area (Å²) in [5.41, 5.74) is 4.76. The summed E-state index contributed by atoms with van der Waals surface area (Å²) in [6, 6.07) is 17.8. The van der Waals surface area contributed by atoms with E-state index in [1.807, 2.05) is 67.3 Å². The Hall–Kier alpha value is -3.61. The zero-order chi connectivity index (χ0) is 27.3. The molecule has 4 rings (SSSR count). The topological polar surface area (TPSA) is 79.3 Å². The van der Waals surface area contributed by atoms with Crippen LogP contribution in [-0.4, -0.2) is 39.7 Å².